The van der Waals surface area contributed by atoms with Gasteiger partial charge in [-0.05, 0) is 24.1 Å². The molecule has 7 heteroatoms. The van der Waals surface area contributed by atoms with Crippen molar-refractivity contribution in [3.63, 3.8) is 0 Å². The van der Waals surface area contributed by atoms with E-state index in [1.807, 2.05) is 0 Å². The Balaban J connectivity index is 2.30. The lowest BCUT2D eigenvalue weighted by Gasteiger charge is -2.03. The second-order valence-electron chi connectivity index (χ2n) is 4.35. The van der Waals surface area contributed by atoms with Crippen LogP contribution in [0, 0.1) is 12.7 Å². The summed E-state index contributed by atoms with van der Waals surface area (Å²) >= 11 is 0. The molecule has 1 heterocycles. The van der Waals surface area contributed by atoms with Gasteiger partial charge in [0.05, 0.1) is 5.75 Å². The van der Waals surface area contributed by atoms with Crippen molar-refractivity contribution in [3.8, 4) is 0 Å². The van der Waals surface area contributed by atoms with Crippen LogP contribution in [0.5, 0.6) is 0 Å². The lowest BCUT2D eigenvalue weighted by atomic mass is 10.2. The standard InChI is InChI=1S/C13H12FNO4S/c1-8-2-3-9(4-11(8)14)7-20(17,18)10-5-12(13(15)16)19-6-10/h2-6H,7H2,1H3,(H2,15,16). The number of hydrogen-bond acceptors (Lipinski definition) is 4. The van der Waals surface area contributed by atoms with Crippen LogP contribution in [0.1, 0.15) is 21.7 Å². The molecule has 2 N–H and O–H groups in total. The minimum atomic E-state index is -3.72. The van der Waals surface area contributed by atoms with Crippen LogP contribution in [0.25, 0.3) is 0 Å². The molecule has 1 amide bonds. The van der Waals surface area contributed by atoms with Crippen LogP contribution in [-0.2, 0) is 15.6 Å². The van der Waals surface area contributed by atoms with Gasteiger partial charge in [0.15, 0.2) is 15.6 Å². The van der Waals surface area contributed by atoms with Crippen LogP contribution in [0.3, 0.4) is 0 Å². The first-order chi connectivity index (χ1) is 9.29. The minimum Gasteiger partial charge on any atom is -0.458 e. The summed E-state index contributed by atoms with van der Waals surface area (Å²) in [6.45, 7) is 1.59. The Bertz CT molecular complexity index is 764. The fraction of sp³-hybridized carbons (Fsp3) is 0.154. The van der Waals surface area contributed by atoms with Crippen LogP contribution in [0.4, 0.5) is 4.39 Å². The number of furan rings is 1. The highest BCUT2D eigenvalue weighted by Crippen LogP contribution is 2.20. The molecule has 1 aromatic carbocycles. The van der Waals surface area contributed by atoms with E-state index in [2.05, 4.69) is 0 Å². The summed E-state index contributed by atoms with van der Waals surface area (Å²) in [5.74, 6) is -1.95. The smallest absolute Gasteiger partial charge is 0.284 e. The molecule has 0 aliphatic carbocycles. The number of hydrogen-bond donors (Lipinski definition) is 1. The Morgan fingerprint density at radius 2 is 2.05 bits per heavy atom. The highest BCUT2D eigenvalue weighted by atomic mass is 32.2. The summed E-state index contributed by atoms with van der Waals surface area (Å²) in [5.41, 5.74) is 5.73. The molecular formula is C13H12FNO4S. The van der Waals surface area contributed by atoms with Gasteiger partial charge in [-0.15, -0.1) is 0 Å². The van der Waals surface area contributed by atoms with Gasteiger partial charge in [-0.1, -0.05) is 12.1 Å². The third kappa shape index (κ3) is 2.88. The van der Waals surface area contributed by atoms with Crippen molar-refractivity contribution in [2.45, 2.75) is 17.6 Å². The van der Waals surface area contributed by atoms with Crippen molar-refractivity contribution in [1.29, 1.82) is 0 Å². The third-order valence-electron chi connectivity index (χ3n) is 2.77. The Morgan fingerprint density at radius 3 is 2.60 bits per heavy atom. The van der Waals surface area contributed by atoms with Gasteiger partial charge < -0.3 is 10.2 Å². The molecule has 0 radical (unpaired) electrons. The normalized spacial score (nSPS) is 11.5. The van der Waals surface area contributed by atoms with Crippen LogP contribution in [0.15, 0.2) is 39.8 Å². The highest BCUT2D eigenvalue weighted by molar-refractivity contribution is 7.90. The molecule has 0 atom stereocenters. The fourth-order valence-corrected chi connectivity index (χ4v) is 2.91. The maximum Gasteiger partial charge on any atom is 0.284 e. The number of sulfone groups is 1. The second kappa shape index (κ2) is 5.09. The molecule has 0 saturated heterocycles. The molecule has 106 valence electrons. The zero-order valence-electron chi connectivity index (χ0n) is 10.6. The molecule has 0 aliphatic rings. The number of carbonyl (C=O) groups is 1. The molecule has 5 nitrogen and oxygen atoms in total. The molecule has 20 heavy (non-hydrogen) atoms. The van der Waals surface area contributed by atoms with E-state index in [9.17, 15) is 17.6 Å². The van der Waals surface area contributed by atoms with Crippen molar-refractivity contribution >= 4 is 15.7 Å². The quantitative estimate of drug-likeness (QED) is 0.931. The minimum absolute atomic E-state index is 0.160. The van der Waals surface area contributed by atoms with Crippen LogP contribution >= 0.6 is 0 Å². The maximum absolute atomic E-state index is 13.4. The second-order valence-corrected chi connectivity index (χ2v) is 6.34. The first-order valence-corrected chi connectivity index (χ1v) is 7.31. The summed E-state index contributed by atoms with van der Waals surface area (Å²) in [6.07, 6.45) is 0.944. The largest absolute Gasteiger partial charge is 0.458 e. The van der Waals surface area contributed by atoms with Gasteiger partial charge in [-0.25, -0.2) is 12.8 Å². The predicted octanol–water partition coefficient (Wildman–Crippen LogP) is 1.80. The number of benzene rings is 1. The van der Waals surface area contributed by atoms with E-state index in [0.29, 0.717) is 11.1 Å². The predicted molar refractivity (Wildman–Crippen MR) is 69.3 cm³/mol. The fourth-order valence-electron chi connectivity index (χ4n) is 1.64. The zero-order valence-corrected chi connectivity index (χ0v) is 11.4. The van der Waals surface area contributed by atoms with Crippen molar-refractivity contribution in [1.82, 2.24) is 0 Å². The van der Waals surface area contributed by atoms with Crippen LogP contribution in [-0.4, -0.2) is 14.3 Å². The monoisotopic (exact) mass is 297 g/mol. The lowest BCUT2D eigenvalue weighted by Crippen LogP contribution is -2.09. The van der Waals surface area contributed by atoms with Gasteiger partial charge in [-0.2, -0.15) is 0 Å². The van der Waals surface area contributed by atoms with E-state index in [0.717, 1.165) is 12.3 Å². The molecule has 0 bridgehead atoms. The van der Waals surface area contributed by atoms with Crippen LogP contribution < -0.4 is 5.73 Å². The number of aryl methyl sites for hydroxylation is 1. The number of nitrogens with two attached hydrogens (primary N) is 1. The van der Waals surface area contributed by atoms with E-state index in [-0.39, 0.29) is 16.4 Å². The summed E-state index contributed by atoms with van der Waals surface area (Å²) in [6, 6.07) is 5.26. The first-order valence-electron chi connectivity index (χ1n) is 5.66. The van der Waals surface area contributed by atoms with Crippen molar-refractivity contribution < 1.29 is 22.0 Å². The SMILES string of the molecule is Cc1ccc(CS(=O)(=O)c2coc(C(N)=O)c2)cc1F. The number of amides is 1. The van der Waals surface area contributed by atoms with E-state index in [1.54, 1.807) is 6.92 Å². The lowest BCUT2D eigenvalue weighted by molar-refractivity contribution is 0.0974. The molecule has 0 spiro atoms. The Kier molecular flexibility index (Phi) is 3.63. The zero-order chi connectivity index (χ0) is 14.9. The Morgan fingerprint density at radius 1 is 1.35 bits per heavy atom. The molecule has 0 fully saturated rings. The summed E-state index contributed by atoms with van der Waals surface area (Å²) in [5, 5.41) is 0. The topological polar surface area (TPSA) is 90.4 Å². The van der Waals surface area contributed by atoms with Gasteiger partial charge in [-0.3, -0.25) is 4.79 Å². The van der Waals surface area contributed by atoms with E-state index in [4.69, 9.17) is 10.2 Å². The van der Waals surface area contributed by atoms with Gasteiger partial charge in [0.1, 0.15) is 17.0 Å². The van der Waals surface area contributed by atoms with E-state index in [1.165, 1.54) is 18.2 Å². The summed E-state index contributed by atoms with van der Waals surface area (Å²) in [4.78, 5) is 10.7. The Hall–Kier alpha value is -2.15. The van der Waals surface area contributed by atoms with E-state index < -0.39 is 21.6 Å². The molecule has 0 saturated carbocycles. The number of rotatable bonds is 4. The third-order valence-corrected chi connectivity index (χ3v) is 4.42. The van der Waals surface area contributed by atoms with Gasteiger partial charge in [0, 0.05) is 6.07 Å². The van der Waals surface area contributed by atoms with Crippen molar-refractivity contribution in [3.05, 3.63) is 53.2 Å². The molecule has 2 rings (SSSR count). The number of primary amides is 1. The summed E-state index contributed by atoms with van der Waals surface area (Å²) in [7, 11) is -3.72. The van der Waals surface area contributed by atoms with Crippen molar-refractivity contribution in [2.24, 2.45) is 5.73 Å². The summed E-state index contributed by atoms with van der Waals surface area (Å²) < 4.78 is 42.4. The van der Waals surface area contributed by atoms with Gasteiger partial charge in [0.2, 0.25) is 0 Å². The molecule has 1 aromatic heterocycles. The average molecular weight is 297 g/mol. The highest BCUT2D eigenvalue weighted by Gasteiger charge is 2.20. The van der Waals surface area contributed by atoms with E-state index >= 15 is 0 Å². The molecule has 0 aliphatic heterocycles. The molecule has 0 unspecified atom stereocenters. The van der Waals surface area contributed by atoms with Gasteiger partial charge >= 0.3 is 0 Å². The van der Waals surface area contributed by atoms with Gasteiger partial charge in [0.25, 0.3) is 5.91 Å². The average Bonchev–Trinajstić information content (AvgIpc) is 2.84. The Labute approximate surface area is 115 Å². The number of carbonyl (C=O) groups excluding carboxylic acids is 1. The first kappa shape index (κ1) is 14.3. The van der Waals surface area contributed by atoms with Crippen molar-refractivity contribution in [2.75, 3.05) is 0 Å². The maximum atomic E-state index is 13.4. The molecule has 2 aromatic rings. The number of halogens is 1. The van der Waals surface area contributed by atoms with Crippen LogP contribution in [0.2, 0.25) is 0 Å². The molecular weight excluding hydrogens is 285 g/mol.